The number of aliphatic hydroxyl groups is 1. The van der Waals surface area contributed by atoms with Crippen LogP contribution in [0.5, 0.6) is 0 Å². The lowest BCUT2D eigenvalue weighted by Crippen LogP contribution is -2.35. The van der Waals surface area contributed by atoms with Gasteiger partial charge >= 0.3 is 0 Å². The van der Waals surface area contributed by atoms with E-state index in [4.69, 9.17) is 14.4 Å². The zero-order chi connectivity index (χ0) is 14.2. The highest BCUT2D eigenvalue weighted by molar-refractivity contribution is 4.97. The molecule has 1 fully saturated rings. The Morgan fingerprint density at radius 3 is 2.75 bits per heavy atom. The average molecular weight is 283 g/mol. The molecule has 0 bridgehead atoms. The summed E-state index contributed by atoms with van der Waals surface area (Å²) in [6, 6.07) is 0.553. The second-order valence-electron chi connectivity index (χ2n) is 5.24. The summed E-state index contributed by atoms with van der Waals surface area (Å²) < 4.78 is 10.6. The van der Waals surface area contributed by atoms with Gasteiger partial charge < -0.3 is 19.7 Å². The first-order valence-electron chi connectivity index (χ1n) is 7.58. The van der Waals surface area contributed by atoms with Crippen molar-refractivity contribution in [3.8, 4) is 0 Å². The van der Waals surface area contributed by atoms with Gasteiger partial charge in [-0.15, -0.1) is 0 Å². The van der Waals surface area contributed by atoms with E-state index in [1.165, 1.54) is 0 Å². The minimum atomic E-state index is 0.0923. The van der Waals surface area contributed by atoms with Crippen LogP contribution in [0.4, 0.5) is 0 Å². The first-order chi connectivity index (χ1) is 9.83. The Hall–Kier alpha value is -0.980. The van der Waals surface area contributed by atoms with Crippen LogP contribution in [0.3, 0.4) is 0 Å². The molecule has 0 atom stereocenters. The maximum Gasteiger partial charge on any atom is 0.229 e. The van der Waals surface area contributed by atoms with Crippen LogP contribution in [0, 0.1) is 0 Å². The molecule has 0 unspecified atom stereocenters. The number of nitrogens with one attached hydrogen (secondary N) is 1. The molecule has 6 nitrogen and oxygen atoms in total. The highest BCUT2D eigenvalue weighted by Gasteiger charge is 2.25. The summed E-state index contributed by atoms with van der Waals surface area (Å²) in [4.78, 5) is 4.43. The molecule has 0 saturated heterocycles. The smallest absolute Gasteiger partial charge is 0.229 e. The third-order valence-electron chi connectivity index (χ3n) is 3.79. The Morgan fingerprint density at radius 2 is 2.10 bits per heavy atom. The molecule has 114 valence electrons. The van der Waals surface area contributed by atoms with Crippen molar-refractivity contribution in [1.29, 1.82) is 0 Å². The van der Waals surface area contributed by atoms with Gasteiger partial charge in [0.25, 0.3) is 0 Å². The summed E-state index contributed by atoms with van der Waals surface area (Å²) >= 11 is 0. The predicted molar refractivity (Wildman–Crippen MR) is 74.6 cm³/mol. The number of aromatic nitrogens is 2. The normalized spacial score (nSPS) is 23.1. The van der Waals surface area contributed by atoms with Gasteiger partial charge in [-0.25, -0.2) is 0 Å². The standard InChI is InChI=1S/C14H25N3O3/c1-2-13-16-14(20-17-13)11-3-5-12(6-4-11)15-7-9-19-10-8-18/h11-12,15,18H,2-10H2,1H3. The maximum absolute atomic E-state index is 8.61. The lowest BCUT2D eigenvalue weighted by Gasteiger charge is -2.27. The van der Waals surface area contributed by atoms with Gasteiger partial charge in [0.1, 0.15) is 0 Å². The molecule has 1 saturated carbocycles. The van der Waals surface area contributed by atoms with Crippen molar-refractivity contribution in [2.45, 2.75) is 51.0 Å². The largest absolute Gasteiger partial charge is 0.394 e. The number of rotatable bonds is 8. The van der Waals surface area contributed by atoms with E-state index in [-0.39, 0.29) is 6.61 Å². The molecule has 0 radical (unpaired) electrons. The Balaban J connectivity index is 1.64. The fraction of sp³-hybridized carbons (Fsp3) is 0.857. The van der Waals surface area contributed by atoms with Gasteiger partial charge in [0, 0.05) is 24.9 Å². The van der Waals surface area contributed by atoms with Gasteiger partial charge in [0.2, 0.25) is 5.89 Å². The number of nitrogens with zero attached hydrogens (tertiary/aromatic N) is 2. The predicted octanol–water partition coefficient (Wildman–Crippen LogP) is 1.26. The molecule has 0 aliphatic heterocycles. The Kier molecular flexibility index (Phi) is 6.42. The van der Waals surface area contributed by atoms with Gasteiger partial charge in [0.15, 0.2) is 5.82 Å². The molecule has 1 aromatic heterocycles. The molecule has 1 heterocycles. The SMILES string of the molecule is CCc1noc(C2CCC(NCCOCCO)CC2)n1. The van der Waals surface area contributed by atoms with Crippen LogP contribution in [-0.2, 0) is 11.2 Å². The van der Waals surface area contributed by atoms with Crippen LogP contribution < -0.4 is 5.32 Å². The van der Waals surface area contributed by atoms with Gasteiger partial charge in [-0.05, 0) is 25.7 Å². The van der Waals surface area contributed by atoms with E-state index in [9.17, 15) is 0 Å². The third kappa shape index (κ3) is 4.54. The van der Waals surface area contributed by atoms with Crippen LogP contribution in [-0.4, -0.2) is 47.7 Å². The molecule has 1 aliphatic rings. The summed E-state index contributed by atoms with van der Waals surface area (Å²) in [5, 5.41) is 16.1. The van der Waals surface area contributed by atoms with E-state index in [1.54, 1.807) is 0 Å². The van der Waals surface area contributed by atoms with E-state index in [2.05, 4.69) is 15.5 Å². The fourth-order valence-corrected chi connectivity index (χ4v) is 2.62. The molecule has 1 aromatic rings. The Labute approximate surface area is 119 Å². The van der Waals surface area contributed by atoms with Crippen molar-refractivity contribution in [2.24, 2.45) is 0 Å². The van der Waals surface area contributed by atoms with Crippen LogP contribution in [0.1, 0.15) is 50.2 Å². The number of aryl methyl sites for hydroxylation is 1. The van der Waals surface area contributed by atoms with Crippen molar-refractivity contribution in [2.75, 3.05) is 26.4 Å². The number of aliphatic hydroxyl groups excluding tert-OH is 1. The molecule has 0 amide bonds. The monoisotopic (exact) mass is 283 g/mol. The lowest BCUT2D eigenvalue weighted by atomic mass is 9.86. The van der Waals surface area contributed by atoms with Gasteiger partial charge in [-0.3, -0.25) is 0 Å². The van der Waals surface area contributed by atoms with Crippen molar-refractivity contribution in [1.82, 2.24) is 15.5 Å². The van der Waals surface area contributed by atoms with Crippen molar-refractivity contribution >= 4 is 0 Å². The van der Waals surface area contributed by atoms with E-state index in [0.29, 0.717) is 25.2 Å². The number of hydrogen-bond acceptors (Lipinski definition) is 6. The summed E-state index contributed by atoms with van der Waals surface area (Å²) in [5.41, 5.74) is 0. The summed E-state index contributed by atoms with van der Waals surface area (Å²) in [7, 11) is 0. The lowest BCUT2D eigenvalue weighted by molar-refractivity contribution is 0.0915. The van der Waals surface area contributed by atoms with E-state index >= 15 is 0 Å². The van der Waals surface area contributed by atoms with Crippen molar-refractivity contribution in [3.05, 3.63) is 11.7 Å². The van der Waals surface area contributed by atoms with Crippen molar-refractivity contribution in [3.63, 3.8) is 0 Å². The molecular formula is C14H25N3O3. The van der Waals surface area contributed by atoms with Crippen LogP contribution in [0.25, 0.3) is 0 Å². The van der Waals surface area contributed by atoms with E-state index < -0.39 is 0 Å². The zero-order valence-electron chi connectivity index (χ0n) is 12.2. The third-order valence-corrected chi connectivity index (χ3v) is 3.79. The number of ether oxygens (including phenoxy) is 1. The van der Waals surface area contributed by atoms with Gasteiger partial charge in [-0.2, -0.15) is 4.98 Å². The minimum absolute atomic E-state index is 0.0923. The summed E-state index contributed by atoms with van der Waals surface area (Å²) in [6.45, 7) is 4.05. The highest BCUT2D eigenvalue weighted by atomic mass is 16.5. The molecule has 1 aliphatic carbocycles. The topological polar surface area (TPSA) is 80.4 Å². The molecule has 6 heteroatoms. The second kappa shape index (κ2) is 8.34. The minimum Gasteiger partial charge on any atom is -0.394 e. The molecular weight excluding hydrogens is 258 g/mol. The van der Waals surface area contributed by atoms with Gasteiger partial charge in [0.05, 0.1) is 19.8 Å². The average Bonchev–Trinajstić information content (AvgIpc) is 2.97. The fourth-order valence-electron chi connectivity index (χ4n) is 2.62. The van der Waals surface area contributed by atoms with Gasteiger partial charge in [-0.1, -0.05) is 12.1 Å². The summed E-state index contributed by atoms with van der Waals surface area (Å²) in [5.74, 6) is 2.04. The molecule has 2 rings (SSSR count). The molecule has 0 spiro atoms. The Bertz CT molecular complexity index is 375. The van der Waals surface area contributed by atoms with Crippen molar-refractivity contribution < 1.29 is 14.4 Å². The number of hydrogen-bond donors (Lipinski definition) is 2. The maximum atomic E-state index is 8.61. The molecule has 2 N–H and O–H groups in total. The van der Waals surface area contributed by atoms with E-state index in [1.807, 2.05) is 6.92 Å². The summed E-state index contributed by atoms with van der Waals surface area (Å²) in [6.07, 6.45) is 5.29. The van der Waals surface area contributed by atoms with Crippen LogP contribution in [0.15, 0.2) is 4.52 Å². The first-order valence-corrected chi connectivity index (χ1v) is 7.58. The van der Waals surface area contributed by atoms with E-state index in [0.717, 1.165) is 50.4 Å². The van der Waals surface area contributed by atoms with Crippen LogP contribution >= 0.6 is 0 Å². The first kappa shape index (κ1) is 15.4. The molecule has 20 heavy (non-hydrogen) atoms. The highest BCUT2D eigenvalue weighted by Crippen LogP contribution is 2.31. The zero-order valence-corrected chi connectivity index (χ0v) is 12.2. The quantitative estimate of drug-likeness (QED) is 0.699. The second-order valence-corrected chi connectivity index (χ2v) is 5.24. The Morgan fingerprint density at radius 1 is 1.30 bits per heavy atom. The van der Waals surface area contributed by atoms with Crippen LogP contribution in [0.2, 0.25) is 0 Å². The molecule has 0 aromatic carbocycles.